The summed E-state index contributed by atoms with van der Waals surface area (Å²) in [6.45, 7) is 0. The van der Waals surface area contributed by atoms with E-state index >= 15 is 0 Å². The third-order valence-corrected chi connectivity index (χ3v) is 28.3. The highest BCUT2D eigenvalue weighted by Gasteiger charge is 2.53. The molecule has 4 aliphatic rings. The van der Waals surface area contributed by atoms with Gasteiger partial charge in [-0.25, -0.2) is 29.9 Å². The van der Waals surface area contributed by atoms with Crippen LogP contribution in [0.2, 0.25) is 0 Å². The normalized spacial score (nSPS) is 13.2. The maximum atomic E-state index is 6.67. The predicted molar refractivity (Wildman–Crippen MR) is 528 cm³/mol. The highest BCUT2D eigenvalue weighted by Crippen LogP contribution is 2.65. The van der Waals surface area contributed by atoms with E-state index in [0.29, 0.717) is 11.6 Å². The molecule has 8 heterocycles. The summed E-state index contributed by atoms with van der Waals surface area (Å²) >= 11 is 1.82. The molecule has 2 aliphatic heterocycles. The molecular formula is C120H70N6O3S. The summed E-state index contributed by atoms with van der Waals surface area (Å²) in [5.74, 6) is 4.85. The SMILES string of the molecule is c1ccc(-c2nc(-c3ccc4c(c3)nc(-c3ccccc3)c3cc5c(cc34)C3(c4ccccc4Oc4ccccc43)c3ccccc3-5)cc(-c3cccc4c3sc3ccccc34)n2)cc1.c1ccc(-c2nc(-c3ccc4c(c3)nc(-c3ccccc3)c3cc5c(cc34)C3(c4ccccc4Oc4ccccc43)c3ccccc3-5)cc(-c3cccc4oc5ccccc5c34)n2)cc1. The Kier molecular flexibility index (Phi) is 16.3. The van der Waals surface area contributed by atoms with Crippen LogP contribution in [0, 0.1) is 0 Å². The van der Waals surface area contributed by atoms with Crippen molar-refractivity contribution in [1.29, 1.82) is 0 Å². The fourth-order valence-electron chi connectivity index (χ4n) is 21.5. The zero-order valence-electron chi connectivity index (χ0n) is 69.7. The van der Waals surface area contributed by atoms with Crippen LogP contribution in [-0.2, 0) is 10.8 Å². The molecule has 6 aromatic heterocycles. The monoisotopic (exact) mass is 1670 g/mol. The quantitative estimate of drug-likeness (QED) is 0.137. The number of furan rings is 1. The van der Waals surface area contributed by atoms with Crippen LogP contribution in [0.5, 0.6) is 23.0 Å². The van der Waals surface area contributed by atoms with Gasteiger partial charge in [0, 0.05) is 119 Å². The molecule has 9 nitrogen and oxygen atoms in total. The number of pyridine rings is 2. The summed E-state index contributed by atoms with van der Waals surface area (Å²) in [7, 11) is 0. The minimum absolute atomic E-state index is 0.587. The van der Waals surface area contributed by atoms with Gasteiger partial charge >= 0.3 is 0 Å². The molecule has 0 atom stereocenters. The Morgan fingerprint density at radius 2 is 0.585 bits per heavy atom. The zero-order valence-corrected chi connectivity index (χ0v) is 70.5. The van der Waals surface area contributed by atoms with Crippen LogP contribution in [0.15, 0.2) is 429 Å². The number of rotatable bonds is 8. The molecule has 0 radical (unpaired) electrons. The lowest BCUT2D eigenvalue weighted by atomic mass is 9.66. The van der Waals surface area contributed by atoms with Crippen LogP contribution < -0.4 is 9.47 Å². The van der Waals surface area contributed by atoms with E-state index in [4.69, 9.17) is 43.8 Å². The first-order valence-electron chi connectivity index (χ1n) is 44.0. The molecule has 0 saturated carbocycles. The van der Waals surface area contributed by atoms with E-state index in [9.17, 15) is 0 Å². The van der Waals surface area contributed by atoms with Gasteiger partial charge in [-0.3, -0.25) is 0 Å². The van der Waals surface area contributed by atoms with Crippen LogP contribution in [0.4, 0.5) is 0 Å². The number of nitrogens with zero attached hydrogens (tertiary/aromatic N) is 6. The summed E-state index contributed by atoms with van der Waals surface area (Å²) in [5, 5.41) is 11.2. The third-order valence-electron chi connectivity index (χ3n) is 27.1. The van der Waals surface area contributed by atoms with Gasteiger partial charge in [0.05, 0.1) is 56.0 Å². The second-order valence-corrected chi connectivity index (χ2v) is 35.0. The molecule has 0 amide bonds. The molecule has 604 valence electrons. The minimum Gasteiger partial charge on any atom is -0.457 e. The number of aromatic nitrogens is 6. The molecule has 0 N–H and O–H groups in total. The summed E-state index contributed by atoms with van der Waals surface area (Å²) in [6, 6.07) is 151. The number of fused-ring (bicyclic) bond motifs is 30. The standard InChI is InChI=1S/C60H35N3O2.C60H35N3OS/c1-3-16-36(17-4-1)58-45-33-44-39-20-7-9-23-46(39)60(47-24-10-13-27-54(47)65-55-28-14-11-25-48(55)60)49(44)34-43(45)40-31-30-38(32-51(40)61-58)50-35-52(63-59(62-50)37-18-5-2-6-19-37)41-22-15-29-56-57(41)42-21-8-12-26-53(42)64-56;1-3-16-36(17-4-1)57-46-33-45-39-20-7-9-24-47(39)60(48-25-10-12-27-54(48)64-55-28-13-11-26-49(55)60)50(45)34-44(46)40-31-30-38(32-52(40)61-57)51-35-53(63-59(62-51)37-18-5-2-6-19-37)43-23-15-22-42-41-21-8-14-29-56(41)65-58(42)43/h2*1-35H. The molecule has 28 rings (SSSR count). The van der Waals surface area contributed by atoms with Crippen molar-refractivity contribution in [2.75, 3.05) is 0 Å². The van der Waals surface area contributed by atoms with Crippen LogP contribution in [-0.4, -0.2) is 29.9 Å². The first-order chi connectivity index (χ1) is 64.4. The van der Waals surface area contributed by atoms with Gasteiger partial charge in [0.25, 0.3) is 0 Å². The summed E-state index contributed by atoms with van der Waals surface area (Å²) in [4.78, 5) is 32.2. The van der Waals surface area contributed by atoms with Gasteiger partial charge in [-0.1, -0.05) is 334 Å². The molecule has 130 heavy (non-hydrogen) atoms. The Bertz CT molecular complexity index is 8800. The van der Waals surface area contributed by atoms with Gasteiger partial charge in [0.15, 0.2) is 11.6 Å². The van der Waals surface area contributed by atoms with Crippen molar-refractivity contribution in [1.82, 2.24) is 29.9 Å². The van der Waals surface area contributed by atoms with E-state index in [0.717, 1.165) is 189 Å². The van der Waals surface area contributed by atoms with Crippen LogP contribution in [0.3, 0.4) is 0 Å². The van der Waals surface area contributed by atoms with Crippen molar-refractivity contribution >= 4 is 96.8 Å². The molecule has 2 spiro atoms. The Hall–Kier alpha value is -16.9. The van der Waals surface area contributed by atoms with Crippen molar-refractivity contribution in [3.8, 4) is 136 Å². The van der Waals surface area contributed by atoms with Crippen LogP contribution in [0.25, 0.3) is 198 Å². The average Bonchev–Trinajstić information content (AvgIpc) is 1.51. The molecule has 24 aromatic rings. The third kappa shape index (κ3) is 11.0. The fourth-order valence-corrected chi connectivity index (χ4v) is 22.7. The maximum Gasteiger partial charge on any atom is 0.160 e. The van der Waals surface area contributed by atoms with Crippen LogP contribution >= 0.6 is 11.3 Å². The number of benzene rings is 18. The molecule has 0 fully saturated rings. The highest BCUT2D eigenvalue weighted by molar-refractivity contribution is 7.26. The van der Waals surface area contributed by atoms with E-state index in [1.807, 2.05) is 72.0 Å². The van der Waals surface area contributed by atoms with E-state index in [1.165, 1.54) is 64.7 Å². The zero-order chi connectivity index (χ0) is 85.3. The first kappa shape index (κ1) is 73.4. The van der Waals surface area contributed by atoms with Gasteiger partial charge in [-0.2, -0.15) is 0 Å². The smallest absolute Gasteiger partial charge is 0.160 e. The maximum absolute atomic E-state index is 6.67. The Labute approximate surface area is 750 Å². The number of para-hydroxylation sites is 5. The van der Waals surface area contributed by atoms with Gasteiger partial charge in [0.1, 0.15) is 34.2 Å². The lowest BCUT2D eigenvalue weighted by Gasteiger charge is -2.39. The topological polar surface area (TPSA) is 109 Å². The van der Waals surface area contributed by atoms with Crippen LogP contribution in [0.1, 0.15) is 44.5 Å². The van der Waals surface area contributed by atoms with Crippen molar-refractivity contribution in [2.24, 2.45) is 0 Å². The fraction of sp³-hybridized carbons (Fsp3) is 0.0167. The lowest BCUT2D eigenvalue weighted by molar-refractivity contribution is 0.436. The van der Waals surface area contributed by atoms with E-state index in [-0.39, 0.29) is 0 Å². The highest BCUT2D eigenvalue weighted by atomic mass is 32.1. The van der Waals surface area contributed by atoms with E-state index in [2.05, 4.69) is 364 Å². The van der Waals surface area contributed by atoms with Crippen molar-refractivity contribution in [3.63, 3.8) is 0 Å². The molecule has 0 unspecified atom stereocenters. The minimum atomic E-state index is -0.595. The van der Waals surface area contributed by atoms with Crippen molar-refractivity contribution in [3.05, 3.63) is 469 Å². The Morgan fingerprint density at radius 3 is 1.08 bits per heavy atom. The average molecular weight is 1680 g/mol. The molecule has 18 aromatic carbocycles. The van der Waals surface area contributed by atoms with Gasteiger partial charge in [0.2, 0.25) is 0 Å². The second-order valence-electron chi connectivity index (χ2n) is 34.0. The molecule has 10 heteroatoms. The predicted octanol–water partition coefficient (Wildman–Crippen LogP) is 30.9. The Morgan fingerprint density at radius 1 is 0.208 bits per heavy atom. The molecule has 2 aliphatic carbocycles. The summed E-state index contributed by atoms with van der Waals surface area (Å²) < 4.78 is 22.2. The van der Waals surface area contributed by atoms with Crippen molar-refractivity contribution < 1.29 is 13.9 Å². The number of ether oxygens (including phenoxy) is 2. The largest absolute Gasteiger partial charge is 0.457 e. The lowest BCUT2D eigenvalue weighted by Crippen LogP contribution is -2.32. The van der Waals surface area contributed by atoms with E-state index < -0.39 is 10.8 Å². The Balaban J connectivity index is 0.000000134. The van der Waals surface area contributed by atoms with E-state index in [1.54, 1.807) is 0 Å². The van der Waals surface area contributed by atoms with Crippen molar-refractivity contribution in [2.45, 2.75) is 10.8 Å². The van der Waals surface area contributed by atoms with Gasteiger partial charge in [-0.15, -0.1) is 11.3 Å². The first-order valence-corrected chi connectivity index (χ1v) is 44.8. The summed E-state index contributed by atoms with van der Waals surface area (Å²) in [5.41, 5.74) is 30.0. The molecule has 0 saturated heterocycles. The van der Waals surface area contributed by atoms with Gasteiger partial charge in [-0.05, 0) is 146 Å². The molecular weight excluding hydrogens is 1610 g/mol. The number of hydrogen-bond acceptors (Lipinski definition) is 10. The van der Waals surface area contributed by atoms with Gasteiger partial charge < -0.3 is 13.9 Å². The number of hydrogen-bond donors (Lipinski definition) is 0. The molecule has 0 bridgehead atoms. The summed E-state index contributed by atoms with van der Waals surface area (Å²) in [6.07, 6.45) is 0. The number of thiophene rings is 1. The second kappa shape index (κ2) is 28.8.